The van der Waals surface area contributed by atoms with Gasteiger partial charge in [0.2, 0.25) is 10.0 Å². The third kappa shape index (κ3) is 7.85. The summed E-state index contributed by atoms with van der Waals surface area (Å²) in [5.41, 5.74) is 4.10. The molecule has 196 valence electrons. The molecule has 0 aliphatic heterocycles. The van der Waals surface area contributed by atoms with Gasteiger partial charge in [-0.1, -0.05) is 29.8 Å². The Morgan fingerprint density at radius 1 is 1.11 bits per heavy atom. The molecular weight excluding hydrogens is 586 g/mol. The van der Waals surface area contributed by atoms with E-state index in [2.05, 4.69) is 26.5 Å². The summed E-state index contributed by atoms with van der Waals surface area (Å²) >= 11 is 9.67. The topological polar surface area (TPSA) is 107 Å². The zero-order chi connectivity index (χ0) is 27.0. The van der Waals surface area contributed by atoms with Gasteiger partial charge in [-0.15, -0.1) is 0 Å². The smallest absolute Gasteiger partial charge is 0.260 e. The van der Waals surface area contributed by atoms with Crippen molar-refractivity contribution in [1.29, 1.82) is 0 Å². The zero-order valence-corrected chi connectivity index (χ0v) is 23.4. The number of hydrazone groups is 1. The number of carbonyl (C=O) groups excluding carboxylic acids is 1. The summed E-state index contributed by atoms with van der Waals surface area (Å²) in [6.07, 6.45) is 2.42. The molecule has 0 fully saturated rings. The summed E-state index contributed by atoms with van der Waals surface area (Å²) in [7, 11) is -0.713. The summed E-state index contributed by atoms with van der Waals surface area (Å²) in [4.78, 5) is 12.5. The van der Waals surface area contributed by atoms with Crippen LogP contribution in [0.2, 0.25) is 5.02 Å². The quantitative estimate of drug-likeness (QED) is 0.251. The van der Waals surface area contributed by atoms with Crippen LogP contribution in [0.25, 0.3) is 0 Å². The van der Waals surface area contributed by atoms with Gasteiger partial charge in [-0.25, -0.2) is 13.8 Å². The molecule has 0 aromatic heterocycles. The highest BCUT2D eigenvalue weighted by atomic mass is 79.9. The van der Waals surface area contributed by atoms with Gasteiger partial charge in [0.25, 0.3) is 5.91 Å². The maximum Gasteiger partial charge on any atom is 0.260 e. The van der Waals surface area contributed by atoms with Gasteiger partial charge in [0.15, 0.2) is 11.5 Å². The Morgan fingerprint density at radius 2 is 1.81 bits per heavy atom. The second kappa shape index (κ2) is 12.8. The number of benzene rings is 3. The highest BCUT2D eigenvalue weighted by Crippen LogP contribution is 2.37. The maximum absolute atomic E-state index is 12.5. The Morgan fingerprint density at radius 3 is 2.43 bits per heavy atom. The molecule has 0 spiro atoms. The Kier molecular flexibility index (Phi) is 9.79. The Labute approximate surface area is 229 Å². The number of nitrogens with zero attached hydrogens (tertiary/aromatic N) is 2. The number of halogens is 2. The van der Waals surface area contributed by atoms with Crippen LogP contribution < -0.4 is 23.9 Å². The van der Waals surface area contributed by atoms with Crippen LogP contribution in [0.3, 0.4) is 0 Å². The summed E-state index contributed by atoms with van der Waals surface area (Å²) < 4.78 is 42.5. The van der Waals surface area contributed by atoms with Gasteiger partial charge >= 0.3 is 0 Å². The number of ether oxygens (including phenoxy) is 3. The minimum Gasteiger partial charge on any atom is -0.497 e. The van der Waals surface area contributed by atoms with E-state index in [9.17, 15) is 13.2 Å². The Balaban J connectivity index is 1.68. The average Bonchev–Trinajstić information content (AvgIpc) is 2.86. The lowest BCUT2D eigenvalue weighted by Crippen LogP contribution is -2.39. The predicted molar refractivity (Wildman–Crippen MR) is 147 cm³/mol. The number of nitrogens with one attached hydrogen (secondary N) is 1. The van der Waals surface area contributed by atoms with Gasteiger partial charge in [-0.2, -0.15) is 5.10 Å². The second-order valence-electron chi connectivity index (χ2n) is 7.68. The molecule has 37 heavy (non-hydrogen) atoms. The Bertz CT molecular complexity index is 1380. The molecule has 1 N–H and O–H groups in total. The average molecular weight is 611 g/mol. The maximum atomic E-state index is 12.5. The number of hydrogen-bond donors (Lipinski definition) is 1. The van der Waals surface area contributed by atoms with Crippen LogP contribution in [0.1, 0.15) is 11.1 Å². The molecule has 0 unspecified atom stereocenters. The first-order chi connectivity index (χ1) is 17.6. The van der Waals surface area contributed by atoms with E-state index < -0.39 is 22.5 Å². The molecule has 0 radical (unpaired) electrons. The first-order valence-corrected chi connectivity index (χ1v) is 13.8. The third-order valence-corrected chi connectivity index (χ3v) is 7.13. The molecule has 12 heteroatoms. The highest BCUT2D eigenvalue weighted by molar-refractivity contribution is 9.10. The monoisotopic (exact) mass is 609 g/mol. The zero-order valence-electron chi connectivity index (χ0n) is 20.3. The molecule has 0 bridgehead atoms. The molecule has 0 saturated heterocycles. The lowest BCUT2D eigenvalue weighted by Gasteiger charge is -2.21. The van der Waals surface area contributed by atoms with E-state index in [0.717, 1.165) is 16.1 Å². The van der Waals surface area contributed by atoms with E-state index >= 15 is 0 Å². The van der Waals surface area contributed by atoms with Crippen LogP contribution in [0.4, 0.5) is 5.69 Å². The minimum absolute atomic E-state index is 0.239. The van der Waals surface area contributed by atoms with Gasteiger partial charge in [0.05, 0.1) is 36.9 Å². The van der Waals surface area contributed by atoms with Crippen molar-refractivity contribution in [2.24, 2.45) is 5.10 Å². The van der Waals surface area contributed by atoms with Gasteiger partial charge in [0, 0.05) is 10.6 Å². The van der Waals surface area contributed by atoms with Gasteiger partial charge in [-0.3, -0.25) is 9.10 Å². The molecule has 0 saturated carbocycles. The molecule has 0 heterocycles. The first kappa shape index (κ1) is 28.3. The molecule has 1 amide bonds. The number of carbonyl (C=O) groups is 1. The van der Waals surface area contributed by atoms with Crippen molar-refractivity contribution >= 4 is 55.4 Å². The largest absolute Gasteiger partial charge is 0.497 e. The van der Waals surface area contributed by atoms with Crippen molar-refractivity contribution in [2.75, 3.05) is 31.3 Å². The van der Waals surface area contributed by atoms with Crippen molar-refractivity contribution in [2.45, 2.75) is 6.61 Å². The molecule has 0 atom stereocenters. The van der Waals surface area contributed by atoms with E-state index in [0.29, 0.717) is 38.0 Å². The van der Waals surface area contributed by atoms with Crippen molar-refractivity contribution in [1.82, 2.24) is 5.43 Å². The second-order valence-corrected chi connectivity index (χ2v) is 10.8. The fraction of sp³-hybridized carbons (Fsp3) is 0.200. The van der Waals surface area contributed by atoms with Gasteiger partial charge in [-0.05, 0) is 64.0 Å². The van der Waals surface area contributed by atoms with Crippen molar-refractivity contribution in [3.05, 3.63) is 81.3 Å². The van der Waals surface area contributed by atoms with Crippen LogP contribution in [0.15, 0.2) is 70.2 Å². The first-order valence-electron chi connectivity index (χ1n) is 10.8. The van der Waals surface area contributed by atoms with E-state index in [1.54, 1.807) is 42.5 Å². The predicted octanol–water partition coefficient (Wildman–Crippen LogP) is 4.62. The van der Waals surface area contributed by atoms with Crippen LogP contribution >= 0.6 is 27.5 Å². The fourth-order valence-electron chi connectivity index (χ4n) is 3.21. The molecule has 3 aromatic carbocycles. The van der Waals surface area contributed by atoms with Gasteiger partial charge in [0.1, 0.15) is 18.9 Å². The molecular formula is C25H25BrClN3O6S. The summed E-state index contributed by atoms with van der Waals surface area (Å²) in [6.45, 7) is -0.215. The standard InChI is InChI=1S/C25H25BrClN3O6S/c1-34-20-10-8-19(9-11-20)30(37(3,32)33)15-24(31)29-28-14-17-12-21(26)25(23(13-17)35-2)36-16-18-6-4-5-7-22(18)27/h4-14H,15-16H2,1-3H3,(H,29,31)/b28-14-. The van der Waals surface area contributed by atoms with Crippen LogP contribution in [-0.2, 0) is 21.4 Å². The highest BCUT2D eigenvalue weighted by Gasteiger charge is 2.21. The van der Waals surface area contributed by atoms with E-state index in [1.165, 1.54) is 20.4 Å². The van der Waals surface area contributed by atoms with Crippen LogP contribution in [0.5, 0.6) is 17.2 Å². The molecule has 0 aliphatic carbocycles. The van der Waals surface area contributed by atoms with E-state index in [4.69, 9.17) is 25.8 Å². The number of sulfonamides is 1. The number of rotatable bonds is 11. The van der Waals surface area contributed by atoms with Crippen molar-refractivity contribution in [3.63, 3.8) is 0 Å². The Hall–Kier alpha value is -3.28. The summed E-state index contributed by atoms with van der Waals surface area (Å²) in [6, 6.07) is 17.1. The molecule has 3 rings (SSSR count). The lowest BCUT2D eigenvalue weighted by atomic mass is 10.2. The van der Waals surface area contributed by atoms with Gasteiger partial charge < -0.3 is 14.2 Å². The van der Waals surface area contributed by atoms with Crippen LogP contribution in [0, 0.1) is 0 Å². The normalized spacial score (nSPS) is 11.3. The number of anilines is 1. The molecule has 9 nitrogen and oxygen atoms in total. The lowest BCUT2D eigenvalue weighted by molar-refractivity contribution is -0.119. The van der Waals surface area contributed by atoms with Crippen LogP contribution in [-0.4, -0.2) is 47.6 Å². The third-order valence-electron chi connectivity index (χ3n) is 5.03. The van der Waals surface area contributed by atoms with Crippen molar-refractivity contribution in [3.8, 4) is 17.2 Å². The molecule has 3 aromatic rings. The fourth-order valence-corrected chi connectivity index (χ4v) is 4.83. The summed E-state index contributed by atoms with van der Waals surface area (Å²) in [5.74, 6) is 0.861. The van der Waals surface area contributed by atoms with E-state index in [-0.39, 0.29) is 6.61 Å². The number of methoxy groups -OCH3 is 2. The number of hydrogen-bond acceptors (Lipinski definition) is 7. The SMILES string of the molecule is COc1ccc(N(CC(=O)N/N=C\c2cc(Br)c(OCc3ccccc3Cl)c(OC)c2)S(C)(=O)=O)cc1. The number of amides is 1. The van der Waals surface area contributed by atoms with E-state index in [1.807, 2.05) is 18.2 Å². The summed E-state index contributed by atoms with van der Waals surface area (Å²) in [5, 5.41) is 4.54. The van der Waals surface area contributed by atoms with Crippen molar-refractivity contribution < 1.29 is 27.4 Å². The minimum atomic E-state index is -3.72. The molecule has 0 aliphatic rings.